The Balaban J connectivity index is 1.33. The van der Waals surface area contributed by atoms with Crippen molar-refractivity contribution < 1.29 is 4.79 Å². The Bertz CT molecular complexity index is 642. The van der Waals surface area contributed by atoms with Crippen LogP contribution in [0.5, 0.6) is 0 Å². The molecule has 5 nitrogen and oxygen atoms in total. The normalized spacial score (nSPS) is 14.2. The number of carbonyl (C=O) groups excluding carboxylic acids is 1. The lowest BCUT2D eigenvalue weighted by atomic mass is 10.2. The van der Waals surface area contributed by atoms with Gasteiger partial charge in [0, 0.05) is 35.9 Å². The van der Waals surface area contributed by atoms with Gasteiger partial charge in [0.25, 0.3) is 0 Å². The summed E-state index contributed by atoms with van der Waals surface area (Å²) in [5.41, 5.74) is 0. The van der Waals surface area contributed by atoms with Crippen LogP contribution in [0.15, 0.2) is 22.7 Å². The predicted octanol–water partition coefficient (Wildman–Crippen LogP) is 3.21. The smallest absolute Gasteiger partial charge is 0.230 e. The number of aryl methyl sites for hydroxylation is 1. The Hall–Kier alpha value is -0.990. The van der Waals surface area contributed by atoms with Crippen molar-refractivity contribution in [3.05, 3.63) is 28.2 Å². The lowest BCUT2D eigenvalue weighted by Gasteiger charge is -2.07. The summed E-state index contributed by atoms with van der Waals surface area (Å²) in [6.45, 7) is 1.69. The van der Waals surface area contributed by atoms with Gasteiger partial charge in [-0.3, -0.25) is 4.79 Å². The number of nitrogens with one attached hydrogen (secondary N) is 1. The highest BCUT2D eigenvalue weighted by Gasteiger charge is 2.15. The van der Waals surface area contributed by atoms with E-state index in [2.05, 4.69) is 37.6 Å². The van der Waals surface area contributed by atoms with Gasteiger partial charge in [-0.05, 0) is 24.3 Å². The van der Waals surface area contributed by atoms with Gasteiger partial charge < -0.3 is 9.88 Å². The maximum atomic E-state index is 12.0. The third-order valence-corrected chi connectivity index (χ3v) is 6.83. The van der Waals surface area contributed by atoms with Crippen LogP contribution in [0.2, 0.25) is 0 Å². The van der Waals surface area contributed by atoms with E-state index in [1.54, 1.807) is 11.3 Å². The zero-order chi connectivity index (χ0) is 16.6. The molecule has 2 aromatic rings. The summed E-state index contributed by atoms with van der Waals surface area (Å²) in [6.07, 6.45) is 4.61. The summed E-state index contributed by atoms with van der Waals surface area (Å²) in [6, 6.07) is 4.22. The van der Waals surface area contributed by atoms with Crippen molar-refractivity contribution in [1.29, 1.82) is 0 Å². The first-order valence-corrected chi connectivity index (χ1v) is 11.3. The number of fused-ring (bicyclic) bond motifs is 1. The van der Waals surface area contributed by atoms with Gasteiger partial charge in [-0.25, -0.2) is 0 Å². The zero-order valence-electron chi connectivity index (χ0n) is 13.6. The summed E-state index contributed by atoms with van der Waals surface area (Å²) in [4.78, 5) is 13.4. The molecular formula is C16H22N4OS3. The zero-order valence-corrected chi connectivity index (χ0v) is 16.0. The fourth-order valence-corrected chi connectivity index (χ4v) is 5.09. The predicted molar refractivity (Wildman–Crippen MR) is 102 cm³/mol. The van der Waals surface area contributed by atoms with Crippen molar-refractivity contribution in [2.45, 2.75) is 43.1 Å². The van der Waals surface area contributed by atoms with E-state index < -0.39 is 0 Å². The minimum Gasteiger partial charge on any atom is -0.355 e. The minimum absolute atomic E-state index is 0.0719. The number of thioether (sulfide) groups is 2. The fraction of sp³-hybridized carbons (Fsp3) is 0.562. The molecule has 24 heavy (non-hydrogen) atoms. The van der Waals surface area contributed by atoms with E-state index in [1.807, 2.05) is 11.8 Å². The topological polar surface area (TPSA) is 59.8 Å². The van der Waals surface area contributed by atoms with E-state index in [0.717, 1.165) is 35.5 Å². The van der Waals surface area contributed by atoms with Crippen molar-refractivity contribution >= 4 is 40.8 Å². The number of carbonyl (C=O) groups is 1. The SMILES string of the molecule is O=C(CSc1nnc2n1CCCCC2)NCCSCc1cccs1. The van der Waals surface area contributed by atoms with Crippen LogP contribution in [0.25, 0.3) is 0 Å². The van der Waals surface area contributed by atoms with Crippen LogP contribution in [-0.4, -0.2) is 38.7 Å². The number of hydrogen-bond acceptors (Lipinski definition) is 6. The molecular weight excluding hydrogens is 360 g/mol. The molecule has 1 amide bonds. The summed E-state index contributed by atoms with van der Waals surface area (Å²) >= 11 is 5.13. The molecule has 0 unspecified atom stereocenters. The van der Waals surface area contributed by atoms with Gasteiger partial charge in [0.2, 0.25) is 5.91 Å². The monoisotopic (exact) mass is 382 g/mol. The molecule has 8 heteroatoms. The molecule has 0 bridgehead atoms. The maximum absolute atomic E-state index is 12.0. The Morgan fingerprint density at radius 3 is 3.17 bits per heavy atom. The van der Waals surface area contributed by atoms with Gasteiger partial charge in [0.05, 0.1) is 5.75 Å². The number of hydrogen-bond donors (Lipinski definition) is 1. The molecule has 130 valence electrons. The molecule has 0 fully saturated rings. The Kier molecular flexibility index (Phi) is 7.04. The van der Waals surface area contributed by atoms with Crippen molar-refractivity contribution in [3.8, 4) is 0 Å². The fourth-order valence-electron chi connectivity index (χ4n) is 2.58. The standard InChI is InChI=1S/C16H22N4OS3/c21-15(17-7-10-22-11-13-5-4-9-23-13)12-24-16-19-18-14-6-2-1-3-8-20(14)16/h4-5,9H,1-3,6-8,10-12H2,(H,17,21). The lowest BCUT2D eigenvalue weighted by molar-refractivity contribution is -0.118. The van der Waals surface area contributed by atoms with E-state index >= 15 is 0 Å². The summed E-state index contributed by atoms with van der Waals surface area (Å²) in [7, 11) is 0. The number of nitrogens with zero attached hydrogens (tertiary/aromatic N) is 3. The van der Waals surface area contributed by atoms with Crippen LogP contribution in [0.4, 0.5) is 0 Å². The van der Waals surface area contributed by atoms with E-state index in [1.165, 1.54) is 35.9 Å². The molecule has 0 aromatic carbocycles. The highest BCUT2D eigenvalue weighted by molar-refractivity contribution is 7.99. The first kappa shape index (κ1) is 17.8. The second kappa shape index (κ2) is 9.48. The molecule has 0 aliphatic carbocycles. The number of aromatic nitrogens is 3. The van der Waals surface area contributed by atoms with Gasteiger partial charge in [-0.2, -0.15) is 11.8 Å². The summed E-state index contributed by atoms with van der Waals surface area (Å²) in [5, 5.41) is 14.5. The van der Waals surface area contributed by atoms with Crippen LogP contribution < -0.4 is 5.32 Å². The molecule has 0 saturated carbocycles. The molecule has 2 aromatic heterocycles. The second-order valence-electron chi connectivity index (χ2n) is 5.63. The minimum atomic E-state index is 0.0719. The third kappa shape index (κ3) is 5.26. The molecule has 0 radical (unpaired) electrons. The van der Waals surface area contributed by atoms with Crippen molar-refractivity contribution in [2.24, 2.45) is 0 Å². The van der Waals surface area contributed by atoms with Crippen LogP contribution in [0.3, 0.4) is 0 Å². The average Bonchev–Trinajstić information content (AvgIpc) is 3.17. The Morgan fingerprint density at radius 2 is 2.29 bits per heavy atom. The van der Waals surface area contributed by atoms with Crippen molar-refractivity contribution in [3.63, 3.8) is 0 Å². The van der Waals surface area contributed by atoms with E-state index in [4.69, 9.17) is 0 Å². The molecule has 0 saturated heterocycles. The van der Waals surface area contributed by atoms with Gasteiger partial charge in [-0.15, -0.1) is 21.5 Å². The van der Waals surface area contributed by atoms with Gasteiger partial charge >= 0.3 is 0 Å². The Labute approximate surface area is 155 Å². The summed E-state index contributed by atoms with van der Waals surface area (Å²) in [5.74, 6) is 3.51. The molecule has 1 aliphatic heterocycles. The van der Waals surface area contributed by atoms with Crippen LogP contribution in [0, 0.1) is 0 Å². The number of thiophene rings is 1. The summed E-state index contributed by atoms with van der Waals surface area (Å²) < 4.78 is 2.18. The number of rotatable bonds is 8. The first-order valence-electron chi connectivity index (χ1n) is 8.24. The van der Waals surface area contributed by atoms with Crippen LogP contribution in [0.1, 0.15) is 30.0 Å². The second-order valence-corrected chi connectivity index (χ2v) is 8.71. The Morgan fingerprint density at radius 1 is 1.33 bits per heavy atom. The van der Waals surface area contributed by atoms with E-state index in [9.17, 15) is 4.79 Å². The number of amides is 1. The van der Waals surface area contributed by atoms with Crippen molar-refractivity contribution in [1.82, 2.24) is 20.1 Å². The molecule has 3 heterocycles. The lowest BCUT2D eigenvalue weighted by Crippen LogP contribution is -2.27. The van der Waals surface area contributed by atoms with Crippen LogP contribution in [-0.2, 0) is 23.5 Å². The molecule has 0 spiro atoms. The highest BCUT2D eigenvalue weighted by Crippen LogP contribution is 2.21. The van der Waals surface area contributed by atoms with Gasteiger partial charge in [-0.1, -0.05) is 24.2 Å². The molecule has 1 aliphatic rings. The van der Waals surface area contributed by atoms with E-state index in [0.29, 0.717) is 12.3 Å². The largest absolute Gasteiger partial charge is 0.355 e. The van der Waals surface area contributed by atoms with Crippen molar-refractivity contribution in [2.75, 3.05) is 18.1 Å². The van der Waals surface area contributed by atoms with Gasteiger partial charge in [0.1, 0.15) is 5.82 Å². The molecule has 1 N–H and O–H groups in total. The van der Waals surface area contributed by atoms with Crippen LogP contribution >= 0.6 is 34.9 Å². The average molecular weight is 383 g/mol. The first-order chi connectivity index (χ1) is 11.8. The quantitative estimate of drug-likeness (QED) is 0.561. The van der Waals surface area contributed by atoms with Gasteiger partial charge in [0.15, 0.2) is 5.16 Å². The molecule has 3 rings (SSSR count). The third-order valence-electron chi connectivity index (χ3n) is 3.80. The molecule has 0 atom stereocenters. The van der Waals surface area contributed by atoms with E-state index in [-0.39, 0.29) is 5.91 Å². The highest BCUT2D eigenvalue weighted by atomic mass is 32.2. The maximum Gasteiger partial charge on any atom is 0.230 e.